The van der Waals surface area contributed by atoms with Crippen LogP contribution in [0.15, 0.2) is 18.2 Å². The molecule has 32 heavy (non-hydrogen) atoms. The zero-order valence-corrected chi connectivity index (χ0v) is 19.6. The number of nitrogens with zero attached hydrogens (tertiary/aromatic N) is 1. The third-order valence-electron chi connectivity index (χ3n) is 7.36. The Morgan fingerprint density at radius 2 is 1.81 bits per heavy atom. The molecule has 0 unspecified atom stereocenters. The van der Waals surface area contributed by atoms with Crippen LogP contribution in [0.3, 0.4) is 0 Å². The fraction of sp³-hybridized carbons (Fsp3) is 0.720. The second kappa shape index (κ2) is 11.7. The van der Waals surface area contributed by atoms with E-state index in [4.69, 9.17) is 21.1 Å². The molecule has 4 rings (SSSR count). The molecule has 5 nitrogen and oxygen atoms in total. The van der Waals surface area contributed by atoms with Crippen LogP contribution >= 0.6 is 11.6 Å². The zero-order valence-electron chi connectivity index (χ0n) is 18.9. The molecule has 0 aromatic heterocycles. The predicted octanol–water partition coefficient (Wildman–Crippen LogP) is 4.81. The van der Waals surface area contributed by atoms with Crippen molar-refractivity contribution in [2.45, 2.75) is 69.9 Å². The molecular weight excluding hydrogens is 431 g/mol. The highest BCUT2D eigenvalue weighted by Gasteiger charge is 2.28. The lowest BCUT2D eigenvalue weighted by Crippen LogP contribution is -2.43. The quantitative estimate of drug-likeness (QED) is 0.626. The number of amides is 1. The van der Waals surface area contributed by atoms with Gasteiger partial charge in [0.25, 0.3) is 0 Å². The van der Waals surface area contributed by atoms with E-state index in [1.165, 1.54) is 31.4 Å². The fourth-order valence-corrected chi connectivity index (χ4v) is 5.45. The highest BCUT2D eigenvalue weighted by Crippen LogP contribution is 2.30. The van der Waals surface area contributed by atoms with Crippen LogP contribution in [0.1, 0.15) is 57.8 Å². The number of likely N-dealkylation sites (tertiary alicyclic amines) is 1. The van der Waals surface area contributed by atoms with Crippen LogP contribution in [0.4, 0.5) is 4.39 Å². The van der Waals surface area contributed by atoms with Crippen molar-refractivity contribution in [3.63, 3.8) is 0 Å². The number of carbonyl (C=O) groups excluding carboxylic acids is 1. The summed E-state index contributed by atoms with van der Waals surface area (Å²) in [6, 6.07) is 4.66. The van der Waals surface area contributed by atoms with Gasteiger partial charge in [-0.25, -0.2) is 4.39 Å². The van der Waals surface area contributed by atoms with Crippen molar-refractivity contribution in [2.75, 3.05) is 32.8 Å². The molecule has 2 saturated heterocycles. The van der Waals surface area contributed by atoms with Gasteiger partial charge < -0.3 is 19.7 Å². The highest BCUT2D eigenvalue weighted by atomic mass is 35.5. The molecule has 2 heterocycles. The summed E-state index contributed by atoms with van der Waals surface area (Å²) in [6.07, 6.45) is 9.67. The van der Waals surface area contributed by atoms with Crippen LogP contribution in [0, 0.1) is 17.7 Å². The number of carbonyl (C=O) groups is 1. The summed E-state index contributed by atoms with van der Waals surface area (Å²) in [4.78, 5) is 15.0. The largest absolute Gasteiger partial charge is 0.489 e. The zero-order chi connectivity index (χ0) is 22.3. The molecule has 1 N–H and O–H groups in total. The average molecular weight is 467 g/mol. The number of piperidine rings is 1. The molecule has 1 aromatic rings. The van der Waals surface area contributed by atoms with Crippen molar-refractivity contribution >= 4 is 17.5 Å². The Bertz CT molecular complexity index is 743. The van der Waals surface area contributed by atoms with Crippen molar-refractivity contribution in [3.8, 4) is 5.75 Å². The van der Waals surface area contributed by atoms with E-state index < -0.39 is 0 Å². The Morgan fingerprint density at radius 3 is 2.50 bits per heavy atom. The maximum atomic E-state index is 13.2. The molecule has 0 bridgehead atoms. The van der Waals surface area contributed by atoms with Crippen LogP contribution in [0.5, 0.6) is 5.75 Å². The van der Waals surface area contributed by atoms with Gasteiger partial charge in [-0.1, -0.05) is 11.6 Å². The third-order valence-corrected chi connectivity index (χ3v) is 7.66. The highest BCUT2D eigenvalue weighted by molar-refractivity contribution is 6.32. The number of ether oxygens (including phenoxy) is 2. The van der Waals surface area contributed by atoms with Gasteiger partial charge in [0, 0.05) is 38.3 Å². The minimum absolute atomic E-state index is 0.143. The lowest BCUT2D eigenvalue weighted by Gasteiger charge is -2.35. The van der Waals surface area contributed by atoms with Crippen LogP contribution in [-0.4, -0.2) is 55.8 Å². The van der Waals surface area contributed by atoms with Gasteiger partial charge in [-0.15, -0.1) is 0 Å². The third kappa shape index (κ3) is 6.82. The summed E-state index contributed by atoms with van der Waals surface area (Å²) >= 11 is 6.09. The van der Waals surface area contributed by atoms with E-state index in [1.807, 2.05) is 0 Å². The van der Waals surface area contributed by atoms with Crippen molar-refractivity contribution in [2.24, 2.45) is 11.8 Å². The SMILES string of the molecule is O=C(NC1CCC(CCN2CCC(Oc3ccc(F)cc3Cl)CC2)CC1)C1CCOCC1. The summed E-state index contributed by atoms with van der Waals surface area (Å²) in [5.74, 6) is 1.38. The number of rotatable bonds is 7. The monoisotopic (exact) mass is 466 g/mol. The van der Waals surface area contributed by atoms with E-state index in [9.17, 15) is 9.18 Å². The van der Waals surface area contributed by atoms with Crippen molar-refractivity contribution in [1.82, 2.24) is 10.2 Å². The Labute approximate surface area is 196 Å². The number of hydrogen-bond acceptors (Lipinski definition) is 4. The first kappa shape index (κ1) is 23.8. The maximum absolute atomic E-state index is 13.2. The first-order chi connectivity index (χ1) is 15.6. The van der Waals surface area contributed by atoms with Crippen LogP contribution in [-0.2, 0) is 9.53 Å². The molecule has 1 amide bonds. The molecule has 3 aliphatic rings. The fourth-order valence-electron chi connectivity index (χ4n) is 5.24. The van der Waals surface area contributed by atoms with Crippen LogP contribution in [0.25, 0.3) is 0 Å². The van der Waals surface area contributed by atoms with Gasteiger partial charge in [0.2, 0.25) is 5.91 Å². The van der Waals surface area contributed by atoms with Gasteiger partial charge in [-0.3, -0.25) is 4.79 Å². The molecule has 1 aliphatic carbocycles. The van der Waals surface area contributed by atoms with Crippen molar-refractivity contribution in [3.05, 3.63) is 29.0 Å². The van der Waals surface area contributed by atoms with Gasteiger partial charge >= 0.3 is 0 Å². The minimum Gasteiger partial charge on any atom is -0.489 e. The first-order valence-electron chi connectivity index (χ1n) is 12.3. The topological polar surface area (TPSA) is 50.8 Å². The lowest BCUT2D eigenvalue weighted by molar-refractivity contribution is -0.128. The summed E-state index contributed by atoms with van der Waals surface area (Å²) in [7, 11) is 0. The van der Waals surface area contributed by atoms with Crippen molar-refractivity contribution in [1.29, 1.82) is 0 Å². The van der Waals surface area contributed by atoms with E-state index in [-0.39, 0.29) is 23.7 Å². The molecule has 0 atom stereocenters. The number of hydrogen-bond donors (Lipinski definition) is 1. The number of halogens is 2. The molecule has 3 fully saturated rings. The Morgan fingerprint density at radius 1 is 1.09 bits per heavy atom. The lowest BCUT2D eigenvalue weighted by atomic mass is 9.83. The van der Waals surface area contributed by atoms with Gasteiger partial charge in [0.1, 0.15) is 17.7 Å². The van der Waals surface area contributed by atoms with Crippen LogP contribution in [0.2, 0.25) is 5.02 Å². The van der Waals surface area contributed by atoms with E-state index in [0.717, 1.165) is 64.1 Å². The van der Waals surface area contributed by atoms with Crippen LogP contribution < -0.4 is 10.1 Å². The summed E-state index contributed by atoms with van der Waals surface area (Å²) < 4.78 is 24.6. The van der Waals surface area contributed by atoms with E-state index in [0.29, 0.717) is 30.0 Å². The summed E-state index contributed by atoms with van der Waals surface area (Å²) in [5.41, 5.74) is 0. The predicted molar refractivity (Wildman–Crippen MR) is 124 cm³/mol. The standard InChI is InChI=1S/C25H36ClFN2O3/c26-23-17-20(27)3-6-24(23)32-22-8-13-29(14-9-22)12-7-18-1-4-21(5-2-18)28-25(30)19-10-15-31-16-11-19/h3,6,17-19,21-22H,1-2,4-5,7-16H2,(H,28,30). The number of benzene rings is 1. The molecule has 7 heteroatoms. The van der Waals surface area contributed by atoms with E-state index in [1.54, 1.807) is 6.07 Å². The molecular formula is C25H36ClFN2O3. The van der Waals surface area contributed by atoms with Gasteiger partial charge in [0.15, 0.2) is 0 Å². The molecule has 178 valence electrons. The van der Waals surface area contributed by atoms with Gasteiger partial charge in [-0.2, -0.15) is 0 Å². The van der Waals surface area contributed by atoms with E-state index in [2.05, 4.69) is 10.2 Å². The van der Waals surface area contributed by atoms with Crippen molar-refractivity contribution < 1.29 is 18.7 Å². The summed E-state index contributed by atoms with van der Waals surface area (Å²) in [6.45, 7) is 4.62. The smallest absolute Gasteiger partial charge is 0.223 e. The Balaban J connectivity index is 1.10. The minimum atomic E-state index is -0.340. The molecule has 1 saturated carbocycles. The first-order valence-corrected chi connectivity index (χ1v) is 12.7. The molecule has 0 radical (unpaired) electrons. The number of nitrogens with one attached hydrogen (secondary N) is 1. The average Bonchev–Trinajstić information content (AvgIpc) is 2.82. The molecule has 2 aliphatic heterocycles. The Hall–Kier alpha value is -1.37. The van der Waals surface area contributed by atoms with E-state index >= 15 is 0 Å². The second-order valence-electron chi connectivity index (χ2n) is 9.64. The Kier molecular flexibility index (Phi) is 8.67. The summed E-state index contributed by atoms with van der Waals surface area (Å²) in [5, 5.41) is 3.64. The normalized spacial score (nSPS) is 26.1. The van der Waals surface area contributed by atoms with Gasteiger partial charge in [-0.05, 0) is 88.4 Å². The molecule has 1 aromatic carbocycles. The maximum Gasteiger partial charge on any atom is 0.223 e. The second-order valence-corrected chi connectivity index (χ2v) is 10.0. The molecule has 0 spiro atoms. The van der Waals surface area contributed by atoms with Gasteiger partial charge in [0.05, 0.1) is 5.02 Å².